The van der Waals surface area contributed by atoms with E-state index in [-0.39, 0.29) is 18.8 Å². The average molecular weight is 480 g/mol. The number of primary amides is 1. The molecule has 0 aromatic carbocycles. The fourth-order valence-corrected chi connectivity index (χ4v) is 3.88. The number of aromatic nitrogens is 2. The summed E-state index contributed by atoms with van der Waals surface area (Å²) in [6, 6.07) is -4.35. The van der Waals surface area contributed by atoms with Crippen LogP contribution < -0.4 is 22.1 Å². The van der Waals surface area contributed by atoms with Gasteiger partial charge in [-0.25, -0.2) is 9.78 Å². The van der Waals surface area contributed by atoms with Crippen molar-refractivity contribution < 1.29 is 29.1 Å². The van der Waals surface area contributed by atoms with E-state index in [0.717, 1.165) is 0 Å². The second-order valence-electron chi connectivity index (χ2n) is 8.84. The Morgan fingerprint density at radius 1 is 1.24 bits per heavy atom. The van der Waals surface area contributed by atoms with E-state index in [2.05, 4.69) is 20.6 Å². The van der Waals surface area contributed by atoms with Crippen molar-refractivity contribution in [2.75, 3.05) is 6.54 Å². The Labute approximate surface area is 197 Å². The standard InChI is InChI=1S/C21H33N7O6/c1-11(2)6-15(21(33)34)27-18(30)14(8-17(23)29)26-19(31)16-4-3-5-28(16)20(32)13(22)7-12-9-24-10-25-12/h9-11,13-16H,3-8,22H2,1-2H3,(H2,23,29)(H,24,25)(H,26,31)(H,27,30)(H,33,34). The predicted octanol–water partition coefficient (Wildman–Crippen LogP) is -1.75. The molecule has 1 aliphatic rings. The molecule has 1 fully saturated rings. The minimum absolute atomic E-state index is 0.0189. The van der Waals surface area contributed by atoms with Gasteiger partial charge in [-0.1, -0.05) is 13.8 Å². The van der Waals surface area contributed by atoms with E-state index in [9.17, 15) is 29.1 Å². The number of rotatable bonds is 12. The summed E-state index contributed by atoms with van der Waals surface area (Å²) >= 11 is 0. The van der Waals surface area contributed by atoms with Crippen LogP contribution in [0.25, 0.3) is 0 Å². The Hall–Kier alpha value is -3.48. The van der Waals surface area contributed by atoms with Gasteiger partial charge in [-0.15, -0.1) is 0 Å². The Morgan fingerprint density at radius 3 is 2.50 bits per heavy atom. The molecule has 0 spiro atoms. The monoisotopic (exact) mass is 479 g/mol. The number of H-pyrrole nitrogens is 1. The third-order valence-corrected chi connectivity index (χ3v) is 5.51. The van der Waals surface area contributed by atoms with Crippen molar-refractivity contribution in [3.63, 3.8) is 0 Å². The van der Waals surface area contributed by atoms with Gasteiger partial charge in [0, 0.05) is 24.9 Å². The zero-order valence-corrected chi connectivity index (χ0v) is 19.3. The lowest BCUT2D eigenvalue weighted by molar-refractivity contribution is -0.143. The molecular formula is C21H33N7O6. The highest BCUT2D eigenvalue weighted by atomic mass is 16.4. The predicted molar refractivity (Wildman–Crippen MR) is 120 cm³/mol. The second kappa shape index (κ2) is 12.1. The molecule has 1 aliphatic heterocycles. The fraction of sp³-hybridized carbons (Fsp3) is 0.619. The third kappa shape index (κ3) is 7.54. The molecule has 1 saturated heterocycles. The van der Waals surface area contributed by atoms with Gasteiger partial charge in [-0.3, -0.25) is 19.2 Å². The molecule has 4 unspecified atom stereocenters. The van der Waals surface area contributed by atoms with Crippen LogP contribution in [0.1, 0.15) is 45.2 Å². The molecule has 34 heavy (non-hydrogen) atoms. The lowest BCUT2D eigenvalue weighted by Crippen LogP contribution is -2.57. The van der Waals surface area contributed by atoms with Gasteiger partial charge >= 0.3 is 5.97 Å². The molecule has 188 valence electrons. The summed E-state index contributed by atoms with van der Waals surface area (Å²) in [6.07, 6.45) is 3.79. The first-order valence-corrected chi connectivity index (χ1v) is 11.1. The number of aliphatic carboxylic acids is 1. The zero-order chi connectivity index (χ0) is 25.4. The van der Waals surface area contributed by atoms with E-state index < -0.39 is 60.2 Å². The normalized spacial score (nSPS) is 18.2. The largest absolute Gasteiger partial charge is 0.480 e. The van der Waals surface area contributed by atoms with Crippen LogP contribution in [0.2, 0.25) is 0 Å². The number of carboxylic acids is 1. The third-order valence-electron chi connectivity index (χ3n) is 5.51. The molecule has 0 radical (unpaired) electrons. The summed E-state index contributed by atoms with van der Waals surface area (Å²) in [5.74, 6) is -4.01. The van der Waals surface area contributed by atoms with Gasteiger partial charge in [0.05, 0.1) is 18.8 Å². The second-order valence-corrected chi connectivity index (χ2v) is 8.84. The van der Waals surface area contributed by atoms with Crippen LogP contribution in [0.15, 0.2) is 12.5 Å². The summed E-state index contributed by atoms with van der Waals surface area (Å²) in [6.45, 7) is 3.91. The van der Waals surface area contributed by atoms with Crippen LogP contribution >= 0.6 is 0 Å². The van der Waals surface area contributed by atoms with E-state index in [1.807, 2.05) is 0 Å². The molecular weight excluding hydrogens is 446 g/mol. The molecule has 4 atom stereocenters. The van der Waals surface area contributed by atoms with Crippen molar-refractivity contribution in [3.8, 4) is 0 Å². The van der Waals surface area contributed by atoms with E-state index in [0.29, 0.717) is 25.1 Å². The van der Waals surface area contributed by atoms with Crippen molar-refractivity contribution in [2.24, 2.45) is 17.4 Å². The van der Waals surface area contributed by atoms with Crippen molar-refractivity contribution in [3.05, 3.63) is 18.2 Å². The number of carbonyl (C=O) groups is 5. The average Bonchev–Trinajstić information content (AvgIpc) is 3.43. The quantitative estimate of drug-likeness (QED) is 0.202. The molecule has 4 amide bonds. The summed E-state index contributed by atoms with van der Waals surface area (Å²) in [4.78, 5) is 69.7. The van der Waals surface area contributed by atoms with E-state index in [4.69, 9.17) is 11.5 Å². The van der Waals surface area contributed by atoms with Crippen molar-refractivity contribution in [1.82, 2.24) is 25.5 Å². The Kier molecular flexibility index (Phi) is 9.54. The highest BCUT2D eigenvalue weighted by Crippen LogP contribution is 2.19. The van der Waals surface area contributed by atoms with E-state index in [1.165, 1.54) is 11.2 Å². The number of carboxylic acid groups (broad SMARTS) is 1. The SMILES string of the molecule is CC(C)CC(NC(=O)C(CC(N)=O)NC(=O)C1CCCN1C(=O)C(N)Cc1cnc[nH]1)C(=O)O. The molecule has 0 bridgehead atoms. The maximum atomic E-state index is 13.0. The number of imidazole rings is 1. The maximum Gasteiger partial charge on any atom is 0.326 e. The molecule has 0 aliphatic carbocycles. The first-order valence-electron chi connectivity index (χ1n) is 11.1. The minimum atomic E-state index is -1.38. The number of hydrogen-bond acceptors (Lipinski definition) is 7. The van der Waals surface area contributed by atoms with E-state index >= 15 is 0 Å². The zero-order valence-electron chi connectivity index (χ0n) is 19.3. The molecule has 2 rings (SSSR count). The first kappa shape index (κ1) is 26.8. The van der Waals surface area contributed by atoms with Crippen LogP contribution in [0.4, 0.5) is 0 Å². The Bertz CT molecular complexity index is 888. The van der Waals surface area contributed by atoms with Crippen LogP contribution in [0.5, 0.6) is 0 Å². The van der Waals surface area contributed by atoms with Crippen LogP contribution in [-0.2, 0) is 30.4 Å². The number of aromatic amines is 1. The molecule has 1 aromatic heterocycles. The number of carbonyl (C=O) groups excluding carboxylic acids is 4. The molecule has 8 N–H and O–H groups in total. The van der Waals surface area contributed by atoms with Crippen LogP contribution in [-0.4, -0.2) is 80.3 Å². The number of nitrogens with two attached hydrogens (primary N) is 2. The van der Waals surface area contributed by atoms with Crippen molar-refractivity contribution in [2.45, 2.75) is 70.1 Å². The maximum absolute atomic E-state index is 13.0. The fourth-order valence-electron chi connectivity index (χ4n) is 3.88. The Balaban J connectivity index is 2.07. The molecule has 13 heteroatoms. The van der Waals surface area contributed by atoms with Crippen molar-refractivity contribution >= 4 is 29.6 Å². The van der Waals surface area contributed by atoms with Gasteiger partial charge in [0.15, 0.2) is 0 Å². The summed E-state index contributed by atoms with van der Waals surface area (Å²) < 4.78 is 0. The lowest BCUT2D eigenvalue weighted by Gasteiger charge is -2.28. The number of hydrogen-bond donors (Lipinski definition) is 6. The number of likely N-dealkylation sites (tertiary alicyclic amines) is 1. The number of amides is 4. The molecule has 0 saturated carbocycles. The van der Waals surface area contributed by atoms with Crippen LogP contribution in [0.3, 0.4) is 0 Å². The lowest BCUT2D eigenvalue weighted by atomic mass is 10.0. The topological polar surface area (TPSA) is 214 Å². The van der Waals surface area contributed by atoms with Crippen molar-refractivity contribution in [1.29, 1.82) is 0 Å². The summed E-state index contributed by atoms with van der Waals surface area (Å²) in [5.41, 5.74) is 11.9. The van der Waals surface area contributed by atoms with Gasteiger partial charge < -0.3 is 37.1 Å². The van der Waals surface area contributed by atoms with Gasteiger partial charge in [-0.2, -0.15) is 0 Å². The number of nitrogens with one attached hydrogen (secondary N) is 3. The molecule has 13 nitrogen and oxygen atoms in total. The van der Waals surface area contributed by atoms with Gasteiger partial charge in [-0.05, 0) is 25.2 Å². The highest BCUT2D eigenvalue weighted by molar-refractivity contribution is 5.96. The van der Waals surface area contributed by atoms with Crippen LogP contribution in [0, 0.1) is 5.92 Å². The Morgan fingerprint density at radius 2 is 1.94 bits per heavy atom. The van der Waals surface area contributed by atoms with Gasteiger partial charge in [0.25, 0.3) is 0 Å². The molecule has 2 heterocycles. The summed E-state index contributed by atoms with van der Waals surface area (Å²) in [7, 11) is 0. The smallest absolute Gasteiger partial charge is 0.326 e. The minimum Gasteiger partial charge on any atom is -0.480 e. The highest BCUT2D eigenvalue weighted by Gasteiger charge is 2.38. The van der Waals surface area contributed by atoms with Gasteiger partial charge in [0.2, 0.25) is 23.6 Å². The summed E-state index contributed by atoms with van der Waals surface area (Å²) in [5, 5.41) is 14.2. The van der Waals surface area contributed by atoms with Gasteiger partial charge in [0.1, 0.15) is 18.1 Å². The van der Waals surface area contributed by atoms with E-state index in [1.54, 1.807) is 20.0 Å². The first-order chi connectivity index (χ1) is 16.0. The molecule has 1 aromatic rings. The number of nitrogens with zero attached hydrogens (tertiary/aromatic N) is 2.